The average Bonchev–Trinajstić information content (AvgIpc) is 2.89. The molecule has 2 nitrogen and oxygen atoms in total. The second kappa shape index (κ2) is 13.7. The fourth-order valence-electron chi connectivity index (χ4n) is 3.08. The summed E-state index contributed by atoms with van der Waals surface area (Å²) in [4.78, 5) is 0. The van der Waals surface area contributed by atoms with Crippen molar-refractivity contribution in [1.82, 2.24) is 0 Å². The van der Waals surface area contributed by atoms with E-state index < -0.39 is 0 Å². The van der Waals surface area contributed by atoms with Gasteiger partial charge in [-0.05, 0) is 48.2 Å². The third kappa shape index (κ3) is 7.56. The molecule has 174 valence electrons. The molecule has 0 saturated carbocycles. The molecular weight excluding hydrogens is 456 g/mol. The zero-order valence-electron chi connectivity index (χ0n) is 19.7. The lowest BCUT2D eigenvalue weighted by atomic mass is 10.1. The fraction of sp³-hybridized carbons (Fsp3) is 0.267. The molecule has 0 heterocycles. The van der Waals surface area contributed by atoms with Crippen LogP contribution in [-0.2, 0) is 11.5 Å². The van der Waals surface area contributed by atoms with Crippen LogP contribution in [0.3, 0.4) is 0 Å². The maximum absolute atomic E-state index is 6.05. The van der Waals surface area contributed by atoms with Gasteiger partial charge in [-0.15, -0.1) is 0 Å². The molecule has 0 spiro atoms. The Hall–Kier alpha value is -2.92. The molecule has 4 heteroatoms. The third-order valence-corrected chi connectivity index (χ3v) is 5.69. The smallest absolute Gasteiger partial charge is 0.136 e. The summed E-state index contributed by atoms with van der Waals surface area (Å²) < 4.78 is 12.1. The van der Waals surface area contributed by atoms with Crippen molar-refractivity contribution in [2.45, 2.75) is 38.2 Å². The van der Waals surface area contributed by atoms with E-state index >= 15 is 0 Å². The van der Waals surface area contributed by atoms with E-state index in [2.05, 4.69) is 62.8 Å². The van der Waals surface area contributed by atoms with Gasteiger partial charge in [0.2, 0.25) is 0 Å². The largest absolute Gasteiger partial charge is 0.492 e. The lowest BCUT2D eigenvalue weighted by molar-refractivity contribution is 0.307. The van der Waals surface area contributed by atoms with Gasteiger partial charge in [-0.25, -0.2) is 0 Å². The lowest BCUT2D eigenvalue weighted by Crippen LogP contribution is -2.02. The molecule has 0 aliphatic carbocycles. The van der Waals surface area contributed by atoms with Crippen molar-refractivity contribution in [2.24, 2.45) is 0 Å². The summed E-state index contributed by atoms with van der Waals surface area (Å²) in [5, 5.41) is 0. The van der Waals surface area contributed by atoms with Gasteiger partial charge >= 0.3 is 0 Å². The van der Waals surface area contributed by atoms with Crippen LogP contribution in [0.2, 0.25) is 0 Å². The van der Waals surface area contributed by atoms with Crippen molar-refractivity contribution in [1.29, 1.82) is 0 Å². The highest BCUT2D eigenvalue weighted by atomic mass is 32.1. The Bertz CT molecular complexity index is 1090. The van der Waals surface area contributed by atoms with E-state index in [1.54, 1.807) is 0 Å². The van der Waals surface area contributed by atoms with Gasteiger partial charge in [0, 0.05) is 34.8 Å². The molecule has 0 bridgehead atoms. The number of ether oxygens (including phenoxy) is 2. The monoisotopic (exact) mass is 486 g/mol. The predicted octanol–water partition coefficient (Wildman–Crippen LogP) is 6.92. The summed E-state index contributed by atoms with van der Waals surface area (Å²) in [5.74, 6) is 15.9. The lowest BCUT2D eigenvalue weighted by Gasteiger charge is -2.13. The van der Waals surface area contributed by atoms with Gasteiger partial charge in [0.05, 0.1) is 24.3 Å². The minimum Gasteiger partial charge on any atom is -0.492 e. The summed E-state index contributed by atoms with van der Waals surface area (Å²) in [6.45, 7) is 5.39. The Kier molecular flexibility index (Phi) is 10.4. The van der Waals surface area contributed by atoms with Crippen LogP contribution in [0.5, 0.6) is 11.5 Å². The van der Waals surface area contributed by atoms with Gasteiger partial charge in [-0.2, -0.15) is 25.3 Å². The predicted molar refractivity (Wildman–Crippen MR) is 148 cm³/mol. The first-order valence-corrected chi connectivity index (χ1v) is 12.8. The van der Waals surface area contributed by atoms with Crippen molar-refractivity contribution in [3.05, 3.63) is 94.0 Å². The van der Waals surface area contributed by atoms with Crippen molar-refractivity contribution in [3.8, 4) is 35.2 Å². The molecule has 0 aromatic heterocycles. The van der Waals surface area contributed by atoms with Crippen LogP contribution in [0.25, 0.3) is 0 Å². The van der Waals surface area contributed by atoms with Crippen molar-refractivity contribution < 1.29 is 9.47 Å². The Morgan fingerprint density at radius 1 is 0.588 bits per heavy atom. The Balaban J connectivity index is 2.00. The topological polar surface area (TPSA) is 18.5 Å². The van der Waals surface area contributed by atoms with Crippen molar-refractivity contribution in [3.63, 3.8) is 0 Å². The standard InChI is InChI=1S/C30H30O2S2/c1-3-17-31-29-19-28(16-14-24-7-11-26(22-34)12-8-24)30(32-18-4-2)20-27(29)15-13-23-5-9-25(21-33)10-6-23/h5-12,19-20,33-34H,3-4,17-18,21-22H2,1-2H3. The third-order valence-electron chi connectivity index (χ3n) is 4.96. The second-order valence-electron chi connectivity index (χ2n) is 7.75. The Morgan fingerprint density at radius 3 is 1.29 bits per heavy atom. The van der Waals surface area contributed by atoms with Crippen LogP contribution in [0.1, 0.15) is 60.1 Å². The van der Waals surface area contributed by atoms with Crippen LogP contribution < -0.4 is 9.47 Å². The molecule has 0 N–H and O–H groups in total. The summed E-state index contributed by atoms with van der Waals surface area (Å²) in [7, 11) is 0. The molecule has 0 unspecified atom stereocenters. The molecule has 0 aliphatic heterocycles. The molecule has 0 radical (unpaired) electrons. The molecule has 0 saturated heterocycles. The van der Waals surface area contributed by atoms with Gasteiger partial charge in [0.1, 0.15) is 11.5 Å². The Morgan fingerprint density at radius 2 is 0.971 bits per heavy atom. The first-order chi connectivity index (χ1) is 16.7. The summed E-state index contributed by atoms with van der Waals surface area (Å²) in [6, 6.07) is 20.1. The van der Waals surface area contributed by atoms with E-state index in [0.717, 1.165) is 46.6 Å². The maximum atomic E-state index is 6.05. The van der Waals surface area contributed by atoms with Crippen LogP contribution >= 0.6 is 25.3 Å². The zero-order chi connectivity index (χ0) is 24.2. The van der Waals surface area contributed by atoms with Crippen LogP contribution in [0.15, 0.2) is 60.7 Å². The highest BCUT2D eigenvalue weighted by Crippen LogP contribution is 2.29. The first kappa shape index (κ1) is 25.7. The van der Waals surface area contributed by atoms with Gasteiger partial charge in [-0.3, -0.25) is 0 Å². The zero-order valence-corrected chi connectivity index (χ0v) is 21.5. The fourth-order valence-corrected chi connectivity index (χ4v) is 3.51. The van der Waals surface area contributed by atoms with Crippen LogP contribution in [0, 0.1) is 23.7 Å². The molecule has 0 fully saturated rings. The van der Waals surface area contributed by atoms with Crippen molar-refractivity contribution in [2.75, 3.05) is 13.2 Å². The molecule has 0 amide bonds. The normalized spacial score (nSPS) is 10.0. The average molecular weight is 487 g/mol. The number of rotatable bonds is 8. The molecule has 3 aromatic carbocycles. The van der Waals surface area contributed by atoms with Gasteiger partial charge in [0.25, 0.3) is 0 Å². The van der Waals surface area contributed by atoms with E-state index in [-0.39, 0.29) is 0 Å². The highest BCUT2D eigenvalue weighted by molar-refractivity contribution is 7.79. The van der Waals surface area contributed by atoms with Gasteiger partial charge < -0.3 is 9.47 Å². The van der Waals surface area contributed by atoms with Crippen LogP contribution in [0.4, 0.5) is 0 Å². The summed E-state index contributed by atoms with van der Waals surface area (Å²) in [6.07, 6.45) is 1.81. The van der Waals surface area contributed by atoms with Crippen molar-refractivity contribution >= 4 is 25.3 Å². The second-order valence-corrected chi connectivity index (χ2v) is 8.38. The number of thiol groups is 2. The molecule has 0 atom stereocenters. The number of benzene rings is 3. The quantitative estimate of drug-likeness (QED) is 0.266. The molecule has 3 rings (SSSR count). The van der Waals surface area contributed by atoms with E-state index in [4.69, 9.17) is 9.47 Å². The Labute approximate surface area is 214 Å². The SMILES string of the molecule is CCCOc1cc(C#Cc2ccc(CS)cc2)c(OCCC)cc1C#Cc1ccc(CS)cc1. The van der Waals surface area contributed by atoms with Crippen LogP contribution in [-0.4, -0.2) is 13.2 Å². The molecular formula is C30H30O2S2. The summed E-state index contributed by atoms with van der Waals surface area (Å²) >= 11 is 8.63. The minimum absolute atomic E-state index is 0.610. The summed E-state index contributed by atoms with van der Waals surface area (Å²) in [5.41, 5.74) is 5.80. The highest BCUT2D eigenvalue weighted by Gasteiger charge is 2.10. The first-order valence-electron chi connectivity index (χ1n) is 11.5. The minimum atomic E-state index is 0.610. The number of hydrogen-bond acceptors (Lipinski definition) is 4. The van der Waals surface area contributed by atoms with E-state index in [1.807, 2.05) is 60.7 Å². The van der Waals surface area contributed by atoms with E-state index in [0.29, 0.717) is 24.7 Å². The molecule has 0 aliphatic rings. The van der Waals surface area contributed by atoms with E-state index in [1.165, 1.54) is 11.1 Å². The van der Waals surface area contributed by atoms with E-state index in [9.17, 15) is 0 Å². The number of hydrogen-bond donors (Lipinski definition) is 2. The van der Waals surface area contributed by atoms with Gasteiger partial charge in [-0.1, -0.05) is 61.8 Å². The maximum Gasteiger partial charge on any atom is 0.136 e. The van der Waals surface area contributed by atoms with Gasteiger partial charge in [0.15, 0.2) is 0 Å². The molecule has 34 heavy (non-hydrogen) atoms. The molecule has 3 aromatic rings.